The quantitative estimate of drug-likeness (QED) is 0.655. The van der Waals surface area contributed by atoms with Crippen molar-refractivity contribution in [3.05, 3.63) is 73.2 Å². The monoisotopic (exact) mass is 368 g/mol. The molecule has 2 aromatic rings. The van der Waals surface area contributed by atoms with Crippen LogP contribution < -0.4 is 5.32 Å². The maximum atomic E-state index is 12.1. The first kappa shape index (κ1) is 15.5. The molecule has 108 valence electrons. The van der Waals surface area contributed by atoms with Gasteiger partial charge in [-0.2, -0.15) is 0 Å². The molecule has 0 fully saturated rings. The Balaban J connectivity index is 2.14. The van der Waals surface area contributed by atoms with Crippen LogP contribution in [0.3, 0.4) is 0 Å². The SMILES string of the molecule is O=C(NCc1cccc(Br)c1)c1cccc([N+](=O)[O-])c1Cl. The van der Waals surface area contributed by atoms with E-state index in [0.717, 1.165) is 10.0 Å². The Bertz CT molecular complexity index is 706. The van der Waals surface area contributed by atoms with Crippen LogP contribution in [0.25, 0.3) is 0 Å². The molecule has 7 heteroatoms. The number of nitro groups is 1. The minimum Gasteiger partial charge on any atom is -0.348 e. The number of benzene rings is 2. The lowest BCUT2D eigenvalue weighted by molar-refractivity contribution is -0.384. The molecule has 0 aliphatic rings. The summed E-state index contributed by atoms with van der Waals surface area (Å²) < 4.78 is 0.905. The Morgan fingerprint density at radius 1 is 1.29 bits per heavy atom. The van der Waals surface area contributed by atoms with E-state index in [4.69, 9.17) is 11.6 Å². The Morgan fingerprint density at radius 3 is 2.67 bits per heavy atom. The van der Waals surface area contributed by atoms with Gasteiger partial charge in [0, 0.05) is 17.1 Å². The van der Waals surface area contributed by atoms with E-state index >= 15 is 0 Å². The van der Waals surface area contributed by atoms with Gasteiger partial charge in [-0.1, -0.05) is 45.7 Å². The minimum atomic E-state index is -0.618. The summed E-state index contributed by atoms with van der Waals surface area (Å²) in [6.45, 7) is 0.303. The molecule has 0 aliphatic heterocycles. The summed E-state index contributed by atoms with van der Waals surface area (Å²) in [5.74, 6) is -0.455. The van der Waals surface area contributed by atoms with Crippen molar-refractivity contribution in [2.75, 3.05) is 0 Å². The molecule has 0 saturated carbocycles. The molecule has 2 aromatic carbocycles. The third-order valence-electron chi connectivity index (χ3n) is 2.76. The molecule has 0 heterocycles. The summed E-state index contributed by atoms with van der Waals surface area (Å²) >= 11 is 9.24. The van der Waals surface area contributed by atoms with Crippen LogP contribution in [0.1, 0.15) is 15.9 Å². The lowest BCUT2D eigenvalue weighted by Crippen LogP contribution is -2.23. The zero-order valence-corrected chi connectivity index (χ0v) is 13.0. The molecule has 0 bridgehead atoms. The van der Waals surface area contributed by atoms with Crippen LogP contribution in [0.2, 0.25) is 5.02 Å². The van der Waals surface area contributed by atoms with Crippen molar-refractivity contribution >= 4 is 39.1 Å². The van der Waals surface area contributed by atoms with Gasteiger partial charge >= 0.3 is 0 Å². The second-order valence-electron chi connectivity index (χ2n) is 4.21. The molecule has 0 aliphatic carbocycles. The topological polar surface area (TPSA) is 72.2 Å². The highest BCUT2D eigenvalue weighted by Crippen LogP contribution is 2.27. The van der Waals surface area contributed by atoms with Crippen molar-refractivity contribution < 1.29 is 9.72 Å². The first-order valence-electron chi connectivity index (χ1n) is 5.94. The summed E-state index contributed by atoms with van der Waals surface area (Å²) in [7, 11) is 0. The molecule has 0 atom stereocenters. The van der Waals surface area contributed by atoms with Crippen LogP contribution in [0.15, 0.2) is 46.9 Å². The average Bonchev–Trinajstić information content (AvgIpc) is 2.45. The minimum absolute atomic E-state index is 0.0841. The average molecular weight is 370 g/mol. The van der Waals surface area contributed by atoms with Gasteiger partial charge in [-0.05, 0) is 23.8 Å². The number of hydrogen-bond donors (Lipinski definition) is 1. The molecule has 21 heavy (non-hydrogen) atoms. The largest absolute Gasteiger partial charge is 0.348 e. The van der Waals surface area contributed by atoms with E-state index in [1.165, 1.54) is 18.2 Å². The van der Waals surface area contributed by atoms with Crippen LogP contribution in [0.4, 0.5) is 5.69 Å². The number of amides is 1. The van der Waals surface area contributed by atoms with Crippen LogP contribution in [-0.2, 0) is 6.54 Å². The van der Waals surface area contributed by atoms with Gasteiger partial charge in [0.05, 0.1) is 10.5 Å². The van der Waals surface area contributed by atoms with Gasteiger partial charge in [0.25, 0.3) is 11.6 Å². The fourth-order valence-electron chi connectivity index (χ4n) is 1.76. The summed E-state index contributed by atoms with van der Waals surface area (Å²) in [4.78, 5) is 22.2. The standard InChI is InChI=1S/C14H10BrClN2O3/c15-10-4-1-3-9(7-10)8-17-14(19)11-5-2-6-12(13(11)16)18(20)21/h1-7H,8H2,(H,17,19). The molecule has 0 radical (unpaired) electrons. The first-order valence-corrected chi connectivity index (χ1v) is 7.11. The van der Waals surface area contributed by atoms with Gasteiger partial charge in [0.15, 0.2) is 0 Å². The van der Waals surface area contributed by atoms with Crippen LogP contribution >= 0.6 is 27.5 Å². The number of nitrogens with zero attached hydrogens (tertiary/aromatic N) is 1. The van der Waals surface area contributed by atoms with Crippen molar-refractivity contribution in [3.8, 4) is 0 Å². The van der Waals surface area contributed by atoms with E-state index in [2.05, 4.69) is 21.2 Å². The Morgan fingerprint density at radius 2 is 2.00 bits per heavy atom. The van der Waals surface area contributed by atoms with E-state index in [0.29, 0.717) is 6.54 Å². The number of carbonyl (C=O) groups excluding carboxylic acids is 1. The maximum Gasteiger partial charge on any atom is 0.288 e. The molecule has 5 nitrogen and oxygen atoms in total. The molecule has 0 spiro atoms. The fraction of sp³-hybridized carbons (Fsp3) is 0.0714. The number of carbonyl (C=O) groups is 1. The number of nitrogens with one attached hydrogen (secondary N) is 1. The summed E-state index contributed by atoms with van der Waals surface area (Å²) in [5, 5.41) is 13.3. The lowest BCUT2D eigenvalue weighted by atomic mass is 10.1. The molecule has 0 aromatic heterocycles. The van der Waals surface area contributed by atoms with Gasteiger partial charge < -0.3 is 5.32 Å². The number of rotatable bonds is 4. The summed E-state index contributed by atoms with van der Waals surface area (Å²) in [6.07, 6.45) is 0. The smallest absolute Gasteiger partial charge is 0.288 e. The normalized spacial score (nSPS) is 10.2. The predicted octanol–water partition coefficient (Wildman–Crippen LogP) is 3.94. The third kappa shape index (κ3) is 3.80. The highest BCUT2D eigenvalue weighted by molar-refractivity contribution is 9.10. The molecule has 2 rings (SSSR count). The Labute approximate surface area is 134 Å². The van der Waals surface area contributed by atoms with Crippen molar-refractivity contribution in [1.29, 1.82) is 0 Å². The van der Waals surface area contributed by atoms with Crippen LogP contribution in [0, 0.1) is 10.1 Å². The fourth-order valence-corrected chi connectivity index (χ4v) is 2.49. The van der Waals surface area contributed by atoms with Gasteiger partial charge in [-0.3, -0.25) is 14.9 Å². The lowest BCUT2D eigenvalue weighted by Gasteiger charge is -2.07. The third-order valence-corrected chi connectivity index (χ3v) is 3.65. The van der Waals surface area contributed by atoms with Crippen molar-refractivity contribution in [1.82, 2.24) is 5.32 Å². The zero-order chi connectivity index (χ0) is 15.4. The Kier molecular flexibility index (Phi) is 4.93. The van der Waals surface area contributed by atoms with Gasteiger partial charge in [0.1, 0.15) is 5.02 Å². The van der Waals surface area contributed by atoms with Gasteiger partial charge in [0.2, 0.25) is 0 Å². The maximum absolute atomic E-state index is 12.1. The summed E-state index contributed by atoms with van der Waals surface area (Å²) in [6, 6.07) is 11.6. The highest BCUT2D eigenvalue weighted by atomic mass is 79.9. The molecule has 1 N–H and O–H groups in total. The summed E-state index contributed by atoms with van der Waals surface area (Å²) in [5.41, 5.74) is 0.701. The number of halogens is 2. The highest BCUT2D eigenvalue weighted by Gasteiger charge is 2.19. The predicted molar refractivity (Wildman–Crippen MR) is 83.4 cm³/mol. The van der Waals surface area contributed by atoms with E-state index in [1.807, 2.05) is 24.3 Å². The van der Waals surface area contributed by atoms with Crippen molar-refractivity contribution in [2.24, 2.45) is 0 Å². The molecule has 0 saturated heterocycles. The molecule has 1 amide bonds. The van der Waals surface area contributed by atoms with E-state index in [-0.39, 0.29) is 16.3 Å². The molecular weight excluding hydrogens is 360 g/mol. The van der Waals surface area contributed by atoms with Gasteiger partial charge in [-0.25, -0.2) is 0 Å². The number of nitro benzene ring substituents is 1. The number of hydrogen-bond acceptors (Lipinski definition) is 3. The van der Waals surface area contributed by atoms with Gasteiger partial charge in [-0.15, -0.1) is 0 Å². The second-order valence-corrected chi connectivity index (χ2v) is 5.50. The molecule has 0 unspecified atom stereocenters. The van der Waals surface area contributed by atoms with E-state index in [9.17, 15) is 14.9 Å². The second kappa shape index (κ2) is 6.69. The zero-order valence-electron chi connectivity index (χ0n) is 10.7. The van der Waals surface area contributed by atoms with Crippen molar-refractivity contribution in [3.63, 3.8) is 0 Å². The Hall–Kier alpha value is -1.92. The first-order chi connectivity index (χ1) is 9.99. The van der Waals surface area contributed by atoms with E-state index < -0.39 is 10.8 Å². The van der Waals surface area contributed by atoms with Crippen LogP contribution in [-0.4, -0.2) is 10.8 Å². The van der Waals surface area contributed by atoms with Crippen LogP contribution in [0.5, 0.6) is 0 Å². The molecular formula is C14H10BrClN2O3. The van der Waals surface area contributed by atoms with Crippen molar-refractivity contribution in [2.45, 2.75) is 6.54 Å². The van der Waals surface area contributed by atoms with E-state index in [1.54, 1.807) is 0 Å².